The van der Waals surface area contributed by atoms with Gasteiger partial charge in [0.25, 0.3) is 0 Å². The van der Waals surface area contributed by atoms with Crippen molar-refractivity contribution in [1.82, 2.24) is 0 Å². The Hall–Kier alpha value is 0.130. The second-order valence-electron chi connectivity index (χ2n) is 1.82. The molecule has 0 aliphatic carbocycles. The molecule has 30 valence electrons. The molecule has 0 fully saturated rings. The van der Waals surface area contributed by atoms with Crippen molar-refractivity contribution in [2.75, 3.05) is 0 Å². The van der Waals surface area contributed by atoms with Crippen molar-refractivity contribution in [2.24, 2.45) is 5.92 Å². The summed E-state index contributed by atoms with van der Waals surface area (Å²) in [6.07, 6.45) is 0. The van der Waals surface area contributed by atoms with Crippen LogP contribution >= 0.6 is 0 Å². The van der Waals surface area contributed by atoms with Gasteiger partial charge in [0.15, 0.2) is 0 Å². The first-order valence-electron chi connectivity index (χ1n) is 2.15. The molecule has 0 amide bonds. The third-order valence-corrected chi connectivity index (χ3v) is 0.770. The molecule has 0 spiro atoms. The van der Waals surface area contributed by atoms with Crippen molar-refractivity contribution in [3.63, 3.8) is 0 Å². The molecule has 0 aromatic carbocycles. The van der Waals surface area contributed by atoms with Crippen molar-refractivity contribution in [2.45, 2.75) is 19.6 Å². The molecule has 4 radical (unpaired) electrons. The maximum atomic E-state index is 5.21. The Morgan fingerprint density at radius 3 is 1.33 bits per heavy atom. The summed E-state index contributed by atoms with van der Waals surface area (Å²) < 4.78 is 0. The van der Waals surface area contributed by atoms with E-state index in [0.29, 0.717) is 5.92 Å². The van der Waals surface area contributed by atoms with Crippen LogP contribution in [-0.4, -0.2) is 15.7 Å². The van der Waals surface area contributed by atoms with Gasteiger partial charge in [0.1, 0.15) is 0 Å². The fourth-order valence-corrected chi connectivity index (χ4v) is 0. The Labute approximate surface area is 42.1 Å². The van der Waals surface area contributed by atoms with Crippen LogP contribution in [0.2, 0.25) is 5.72 Å². The van der Waals surface area contributed by atoms with Crippen molar-refractivity contribution in [3.8, 4) is 0 Å². The van der Waals surface area contributed by atoms with E-state index in [0.717, 1.165) is 0 Å². The summed E-state index contributed by atoms with van der Waals surface area (Å²) in [5, 5.41) is 0. The van der Waals surface area contributed by atoms with Gasteiger partial charge in [0, 0.05) is 0 Å². The van der Waals surface area contributed by atoms with Crippen LogP contribution in [0, 0.1) is 5.92 Å². The van der Waals surface area contributed by atoms with Gasteiger partial charge >= 0.3 is 0 Å². The van der Waals surface area contributed by atoms with Crippen LogP contribution in [0.5, 0.6) is 0 Å². The zero-order chi connectivity index (χ0) is 5.15. The molecule has 6 heavy (non-hydrogen) atoms. The van der Waals surface area contributed by atoms with Crippen LogP contribution < -0.4 is 0 Å². The summed E-state index contributed by atoms with van der Waals surface area (Å²) in [4.78, 5) is 0. The van der Waals surface area contributed by atoms with Crippen LogP contribution in [0.25, 0.3) is 0 Å². The smallest absolute Gasteiger partial charge is 0.0579 e. The van der Waals surface area contributed by atoms with Gasteiger partial charge in [-0.2, -0.15) is 0 Å². The molecule has 0 aromatic heterocycles. The highest BCUT2D eigenvalue weighted by atomic mass is 13.9. The number of rotatable bonds is 1. The molecule has 0 atom stereocenters. The van der Waals surface area contributed by atoms with Crippen LogP contribution in [0.1, 0.15) is 13.8 Å². The van der Waals surface area contributed by atoms with Crippen molar-refractivity contribution >= 4 is 15.7 Å². The SMILES string of the molecule is [B]C([B])C(C)C. The molecule has 2 heteroatoms. The van der Waals surface area contributed by atoms with E-state index in [2.05, 4.69) is 0 Å². The minimum absolute atomic E-state index is 0.148. The van der Waals surface area contributed by atoms with Crippen LogP contribution in [-0.2, 0) is 0 Å². The largest absolute Gasteiger partial charge is 0.107 e. The number of hydrogen-bond donors (Lipinski definition) is 0. The van der Waals surface area contributed by atoms with Crippen LogP contribution in [0.4, 0.5) is 0 Å². The first-order chi connectivity index (χ1) is 2.64. The normalized spacial score (nSPS) is 10.7. The molecule has 0 saturated heterocycles. The highest BCUT2D eigenvalue weighted by Gasteiger charge is 1.95. The molecule has 0 aliphatic rings. The second kappa shape index (κ2) is 2.33. The van der Waals surface area contributed by atoms with E-state index in [1.165, 1.54) is 0 Å². The first kappa shape index (κ1) is 6.13. The lowest BCUT2D eigenvalue weighted by atomic mass is 9.64. The summed E-state index contributed by atoms with van der Waals surface area (Å²) >= 11 is 0. The van der Waals surface area contributed by atoms with E-state index in [9.17, 15) is 0 Å². The lowest BCUT2D eigenvalue weighted by Gasteiger charge is -2.06. The van der Waals surface area contributed by atoms with Crippen molar-refractivity contribution in [3.05, 3.63) is 0 Å². The molecular weight excluding hydrogens is 69.7 g/mol. The van der Waals surface area contributed by atoms with E-state index < -0.39 is 0 Å². The van der Waals surface area contributed by atoms with E-state index >= 15 is 0 Å². The van der Waals surface area contributed by atoms with Gasteiger partial charge in [-0.05, 0) is 0 Å². The molecule has 0 heterocycles. The average molecular weight is 77.7 g/mol. The average Bonchev–Trinajstić information content (AvgIpc) is 1.36. The van der Waals surface area contributed by atoms with E-state index in [-0.39, 0.29) is 5.72 Å². The standard InChI is InChI=1S/C4H8B2/c1-3(2)4(5)6/h3-4H,1-2H3. The Kier molecular flexibility index (Phi) is 2.38. The Balaban J connectivity index is 2.99. The summed E-state index contributed by atoms with van der Waals surface area (Å²) in [5.74, 6) is 0.407. The molecule has 0 aromatic rings. The second-order valence-corrected chi connectivity index (χ2v) is 1.82. The summed E-state index contributed by atoms with van der Waals surface area (Å²) in [5.41, 5.74) is -0.148. The lowest BCUT2D eigenvalue weighted by molar-refractivity contribution is 0.700. The summed E-state index contributed by atoms with van der Waals surface area (Å²) in [6, 6.07) is 0. The molecular formula is C4H8B2. The van der Waals surface area contributed by atoms with Crippen molar-refractivity contribution < 1.29 is 0 Å². The maximum absolute atomic E-state index is 5.21. The van der Waals surface area contributed by atoms with Gasteiger partial charge in [-0.3, -0.25) is 0 Å². The molecule has 0 rings (SSSR count). The minimum atomic E-state index is -0.148. The fraction of sp³-hybridized carbons (Fsp3) is 1.00. The predicted molar refractivity (Wildman–Crippen MR) is 30.1 cm³/mol. The molecule has 0 saturated carbocycles. The third kappa shape index (κ3) is 2.37. The Morgan fingerprint density at radius 1 is 1.17 bits per heavy atom. The monoisotopic (exact) mass is 78.1 g/mol. The van der Waals surface area contributed by atoms with Gasteiger partial charge in [0.05, 0.1) is 15.7 Å². The molecule has 0 N–H and O–H groups in total. The van der Waals surface area contributed by atoms with Crippen molar-refractivity contribution in [1.29, 1.82) is 0 Å². The van der Waals surface area contributed by atoms with E-state index in [1.54, 1.807) is 0 Å². The van der Waals surface area contributed by atoms with E-state index in [1.807, 2.05) is 13.8 Å². The van der Waals surface area contributed by atoms with E-state index in [4.69, 9.17) is 15.7 Å². The summed E-state index contributed by atoms with van der Waals surface area (Å²) in [7, 11) is 10.4. The van der Waals surface area contributed by atoms with Gasteiger partial charge in [0.2, 0.25) is 0 Å². The Morgan fingerprint density at radius 2 is 1.33 bits per heavy atom. The number of hydrogen-bond acceptors (Lipinski definition) is 0. The maximum Gasteiger partial charge on any atom is 0.0579 e. The van der Waals surface area contributed by atoms with Crippen LogP contribution in [0.3, 0.4) is 0 Å². The van der Waals surface area contributed by atoms with Gasteiger partial charge in [-0.15, -0.1) is 5.72 Å². The lowest BCUT2D eigenvalue weighted by Crippen LogP contribution is -1.99. The highest BCUT2D eigenvalue weighted by molar-refractivity contribution is 6.35. The molecule has 0 bridgehead atoms. The van der Waals surface area contributed by atoms with Crippen LogP contribution in [0.15, 0.2) is 0 Å². The van der Waals surface area contributed by atoms with Gasteiger partial charge < -0.3 is 0 Å². The van der Waals surface area contributed by atoms with Gasteiger partial charge in [-0.1, -0.05) is 19.8 Å². The highest BCUT2D eigenvalue weighted by Crippen LogP contribution is 2.05. The molecule has 0 nitrogen and oxygen atoms in total. The first-order valence-corrected chi connectivity index (χ1v) is 2.15. The zero-order valence-corrected chi connectivity index (χ0v) is 4.31. The fourth-order valence-electron chi connectivity index (χ4n) is 0. The zero-order valence-electron chi connectivity index (χ0n) is 4.31. The minimum Gasteiger partial charge on any atom is -0.107 e. The molecule has 0 unspecified atom stereocenters. The topological polar surface area (TPSA) is 0 Å². The Bertz CT molecular complexity index is 26.5. The quantitative estimate of drug-likeness (QED) is 0.405. The summed E-state index contributed by atoms with van der Waals surface area (Å²) in [6.45, 7) is 3.98. The third-order valence-electron chi connectivity index (χ3n) is 0.770. The predicted octanol–water partition coefficient (Wildman–Crippen LogP) is 0.725. The van der Waals surface area contributed by atoms with Gasteiger partial charge in [-0.25, -0.2) is 0 Å². The molecule has 0 aliphatic heterocycles.